The van der Waals surface area contributed by atoms with Gasteiger partial charge in [-0.05, 0) is 31.9 Å². The van der Waals surface area contributed by atoms with Crippen molar-refractivity contribution < 1.29 is 22.8 Å². The zero-order valence-electron chi connectivity index (χ0n) is 26.6. The smallest absolute Gasteiger partial charge is 0.462 e. The maximum absolute atomic E-state index is 11.1. The largest absolute Gasteiger partial charge is 0.500 e. The molecule has 0 aromatic heterocycles. The summed E-state index contributed by atoms with van der Waals surface area (Å²) < 4.78 is 21.7. The monoisotopic (exact) mass is 592 g/mol. The molecule has 0 radical (unpaired) electrons. The molecule has 0 saturated heterocycles. The average molecular weight is 593 g/mol. The maximum Gasteiger partial charge on any atom is 0.500 e. The number of nitrogens with one attached hydrogen (secondary N) is 2. The van der Waals surface area contributed by atoms with Gasteiger partial charge in [0.2, 0.25) is 0 Å². The first-order valence-electron chi connectivity index (χ1n) is 15.6. The Morgan fingerprint density at radius 2 is 1.44 bits per heavy atom. The molecule has 2 N–H and O–H groups in total. The lowest BCUT2D eigenvalue weighted by atomic mass is 10.1. The van der Waals surface area contributed by atoms with Crippen LogP contribution in [-0.2, 0) is 29.4 Å². The number of rotatable bonds is 26. The van der Waals surface area contributed by atoms with Crippen LogP contribution in [0.2, 0.25) is 6.04 Å². The van der Waals surface area contributed by atoms with Crippen LogP contribution in [0.5, 0.6) is 0 Å². The second-order valence-corrected chi connectivity index (χ2v) is 13.3. The molecule has 0 aliphatic carbocycles. The average Bonchev–Trinajstić information content (AvgIpc) is 2.99. The summed E-state index contributed by atoms with van der Waals surface area (Å²) in [7, 11) is 0.794. The molecule has 0 unspecified atom stereocenters. The zero-order chi connectivity index (χ0) is 30.4. The number of esters is 1. The van der Waals surface area contributed by atoms with Crippen molar-refractivity contribution in [1.82, 2.24) is 10.6 Å². The van der Waals surface area contributed by atoms with Crippen molar-refractivity contribution in [2.75, 3.05) is 47.1 Å². The van der Waals surface area contributed by atoms with Crippen LogP contribution in [0, 0.1) is 0 Å². The first-order valence-corrected chi connectivity index (χ1v) is 17.5. The van der Waals surface area contributed by atoms with Gasteiger partial charge < -0.3 is 28.6 Å². The Bertz CT molecular complexity index is 759. The molecule has 8 heteroatoms. The van der Waals surface area contributed by atoms with E-state index in [0.29, 0.717) is 18.8 Å². The Kier molecular flexibility index (Phi) is 27.1. The highest BCUT2D eigenvalue weighted by Gasteiger charge is 2.37. The first kappa shape index (κ1) is 39.2. The molecule has 7 nitrogen and oxygen atoms in total. The van der Waals surface area contributed by atoms with E-state index in [9.17, 15) is 4.79 Å². The Morgan fingerprint density at radius 1 is 0.854 bits per heavy atom. The molecule has 0 saturated carbocycles. The van der Waals surface area contributed by atoms with E-state index in [4.69, 9.17) is 18.0 Å². The van der Waals surface area contributed by atoms with Crippen molar-refractivity contribution >= 4 is 14.8 Å². The van der Waals surface area contributed by atoms with Gasteiger partial charge >= 0.3 is 14.8 Å². The minimum absolute atomic E-state index is 0.258. The Morgan fingerprint density at radius 3 is 2.00 bits per heavy atom. The highest BCUT2D eigenvalue weighted by molar-refractivity contribution is 6.60. The lowest BCUT2D eigenvalue weighted by Gasteiger charge is -2.25. The molecule has 0 aliphatic heterocycles. The van der Waals surface area contributed by atoms with Crippen LogP contribution < -0.4 is 10.6 Å². The minimum atomic E-state index is -2.51. The molecule has 0 amide bonds. The number of hydrogen-bond acceptors (Lipinski definition) is 7. The molecule has 1 aromatic rings. The fourth-order valence-electron chi connectivity index (χ4n) is 4.10. The normalized spacial score (nSPS) is 11.0. The molecule has 0 atom stereocenters. The summed E-state index contributed by atoms with van der Waals surface area (Å²) in [6, 6.07) is 11.2. The van der Waals surface area contributed by atoms with E-state index in [1.165, 1.54) is 63.4 Å². The van der Waals surface area contributed by atoms with Crippen LogP contribution in [-0.4, -0.2) is 61.8 Å². The third-order valence-electron chi connectivity index (χ3n) is 6.61. The molecule has 236 valence electrons. The van der Waals surface area contributed by atoms with Crippen LogP contribution in [0.25, 0.3) is 0 Å². The van der Waals surface area contributed by atoms with E-state index in [1.54, 1.807) is 27.2 Å². The third kappa shape index (κ3) is 23.4. The summed E-state index contributed by atoms with van der Waals surface area (Å²) in [5, 5.41) is 6.84. The molecule has 41 heavy (non-hydrogen) atoms. The van der Waals surface area contributed by atoms with Crippen LogP contribution in [0.3, 0.4) is 0 Å². The number of ether oxygens (including phenoxy) is 1. The third-order valence-corrected chi connectivity index (χ3v) is 9.43. The second-order valence-electron chi connectivity index (χ2n) is 10.3. The van der Waals surface area contributed by atoms with E-state index >= 15 is 0 Å². The Balaban J connectivity index is 0.000000807. The zero-order valence-corrected chi connectivity index (χ0v) is 27.6. The van der Waals surface area contributed by atoms with Crippen molar-refractivity contribution in [2.45, 2.75) is 97.1 Å². The van der Waals surface area contributed by atoms with Gasteiger partial charge in [-0.15, -0.1) is 6.58 Å². The summed E-state index contributed by atoms with van der Waals surface area (Å²) in [4.78, 5) is 11.1. The lowest BCUT2D eigenvalue weighted by Crippen LogP contribution is -2.44. The number of unbranched alkanes of at least 4 members (excludes halogenated alkanes) is 9. The van der Waals surface area contributed by atoms with Crippen LogP contribution >= 0.6 is 0 Å². The van der Waals surface area contributed by atoms with Gasteiger partial charge in [-0.3, -0.25) is 0 Å². The van der Waals surface area contributed by atoms with Gasteiger partial charge in [0.25, 0.3) is 0 Å². The van der Waals surface area contributed by atoms with E-state index in [-0.39, 0.29) is 5.97 Å². The molecule has 0 aliphatic rings. The quantitative estimate of drug-likeness (QED) is 0.0387. The molecule has 0 fully saturated rings. The fraction of sp³-hybridized carbons (Fsp3) is 0.667. The molecule has 1 aromatic carbocycles. The highest BCUT2D eigenvalue weighted by Crippen LogP contribution is 2.15. The van der Waals surface area contributed by atoms with Crippen molar-refractivity contribution in [2.24, 2.45) is 0 Å². The van der Waals surface area contributed by atoms with Gasteiger partial charge in [-0.2, -0.15) is 0 Å². The van der Waals surface area contributed by atoms with Crippen molar-refractivity contribution in [3.05, 3.63) is 60.7 Å². The maximum atomic E-state index is 11.1. The van der Waals surface area contributed by atoms with Crippen LogP contribution in [0.1, 0.15) is 90.0 Å². The van der Waals surface area contributed by atoms with Gasteiger partial charge in [-0.25, -0.2) is 4.79 Å². The molecule has 1 rings (SSSR count). The summed E-state index contributed by atoms with van der Waals surface area (Å²) >= 11 is 0. The molecule has 0 heterocycles. The van der Waals surface area contributed by atoms with E-state index in [0.717, 1.165) is 45.1 Å². The highest BCUT2D eigenvalue weighted by atomic mass is 28.4. The van der Waals surface area contributed by atoms with Crippen molar-refractivity contribution in [1.29, 1.82) is 0 Å². The number of carbonyl (C=O) groups is 1. The van der Waals surface area contributed by atoms with Gasteiger partial charge in [0.15, 0.2) is 0 Å². The first-order chi connectivity index (χ1) is 19.9. The van der Waals surface area contributed by atoms with Gasteiger partial charge in [0, 0.05) is 45.5 Å². The number of hydrogen-bond donors (Lipinski definition) is 2. The van der Waals surface area contributed by atoms with E-state index in [2.05, 4.69) is 55.0 Å². The summed E-state index contributed by atoms with van der Waals surface area (Å²) in [5.74, 6) is -0.258. The predicted octanol–water partition coefficient (Wildman–Crippen LogP) is 7.22. The number of benzene rings is 1. The van der Waals surface area contributed by atoms with Gasteiger partial charge in [-0.1, -0.05) is 108 Å². The minimum Gasteiger partial charge on any atom is -0.462 e. The van der Waals surface area contributed by atoms with Gasteiger partial charge in [0.05, 0.1) is 13.2 Å². The number of carbonyl (C=O) groups excluding carboxylic acids is 1. The summed E-state index contributed by atoms with van der Waals surface area (Å²) in [6.45, 7) is 15.9. The standard InChI is InChI=1S/C17H30N2O3Si.C16H30O2/c1-4-14-22-23(20-2,21-3)15-8-11-18-12-13-19-16-17-9-6-5-7-10-17;1-4-5-6-7-8-9-10-11-12-13-14-18-16(17)15(2)3/h4-7,9-10,18-19H,1,8,11-16H2,2-3H3;2,4-14H2,1,3H3. The molecule has 0 bridgehead atoms. The molecular formula is C33H60N2O5Si. The topological polar surface area (TPSA) is 78.1 Å². The second kappa shape index (κ2) is 28.3. The van der Waals surface area contributed by atoms with Crippen LogP contribution in [0.15, 0.2) is 55.1 Å². The Hall–Kier alpha value is -1.81. The van der Waals surface area contributed by atoms with Crippen molar-refractivity contribution in [3.8, 4) is 0 Å². The Labute approximate surface area is 252 Å². The van der Waals surface area contributed by atoms with E-state index in [1.807, 2.05) is 6.07 Å². The van der Waals surface area contributed by atoms with Crippen molar-refractivity contribution in [3.63, 3.8) is 0 Å². The summed E-state index contributed by atoms with van der Waals surface area (Å²) in [5.41, 5.74) is 1.80. The SMILES string of the molecule is C=C(C)C(=O)OCCCCCCCCCCCC.C=CCO[Si](CCCNCCNCc1ccccc1)(OC)OC. The van der Waals surface area contributed by atoms with Crippen LogP contribution in [0.4, 0.5) is 0 Å². The van der Waals surface area contributed by atoms with E-state index < -0.39 is 8.80 Å². The van der Waals surface area contributed by atoms with Gasteiger partial charge in [0.1, 0.15) is 0 Å². The molecule has 0 spiro atoms. The lowest BCUT2D eigenvalue weighted by molar-refractivity contribution is -0.139. The fourth-order valence-corrected chi connectivity index (χ4v) is 6.04. The predicted molar refractivity (Wildman–Crippen MR) is 174 cm³/mol. The summed E-state index contributed by atoms with van der Waals surface area (Å²) in [6.07, 6.45) is 15.6. The molecular weight excluding hydrogens is 532 g/mol.